The molecule has 0 aromatic heterocycles. The molecule has 2 aromatic rings. The van der Waals surface area contributed by atoms with Gasteiger partial charge in [-0.05, 0) is 39.7 Å². The van der Waals surface area contributed by atoms with Crippen LogP contribution in [-0.4, -0.2) is 7.05 Å². The molecule has 2 aromatic carbocycles. The lowest BCUT2D eigenvalue weighted by atomic mass is 10.2. The van der Waals surface area contributed by atoms with E-state index in [2.05, 4.69) is 15.9 Å². The van der Waals surface area contributed by atoms with Crippen LogP contribution in [0.5, 0.6) is 0 Å². The summed E-state index contributed by atoms with van der Waals surface area (Å²) in [5.41, 5.74) is 8.14. The van der Waals surface area contributed by atoms with Gasteiger partial charge in [0.2, 0.25) is 0 Å². The van der Waals surface area contributed by atoms with Gasteiger partial charge in [0.15, 0.2) is 0 Å². The van der Waals surface area contributed by atoms with Crippen LogP contribution in [0, 0.1) is 5.82 Å². The summed E-state index contributed by atoms with van der Waals surface area (Å²) in [5.74, 6) is -0.360. The summed E-state index contributed by atoms with van der Waals surface area (Å²) in [7, 11) is 1.91. The monoisotopic (exact) mass is 342 g/mol. The average molecular weight is 344 g/mol. The molecule has 0 spiro atoms. The Labute approximate surface area is 125 Å². The maximum atomic E-state index is 13.3. The molecular formula is C14H13BrClFN2. The second-order valence-electron chi connectivity index (χ2n) is 4.31. The molecule has 0 aliphatic carbocycles. The first-order chi connectivity index (χ1) is 8.97. The zero-order valence-electron chi connectivity index (χ0n) is 10.3. The van der Waals surface area contributed by atoms with Gasteiger partial charge in [-0.15, -0.1) is 0 Å². The lowest BCUT2D eigenvalue weighted by molar-refractivity contribution is 0.621. The van der Waals surface area contributed by atoms with Crippen molar-refractivity contribution in [2.45, 2.75) is 6.54 Å². The first kappa shape index (κ1) is 14.2. The van der Waals surface area contributed by atoms with Crippen LogP contribution in [0.4, 0.5) is 15.8 Å². The summed E-state index contributed by atoms with van der Waals surface area (Å²) in [6.45, 7) is 0.666. The van der Waals surface area contributed by atoms with Gasteiger partial charge in [-0.1, -0.05) is 23.7 Å². The van der Waals surface area contributed by atoms with E-state index in [0.717, 1.165) is 11.3 Å². The topological polar surface area (TPSA) is 29.3 Å². The van der Waals surface area contributed by atoms with Crippen LogP contribution in [0.25, 0.3) is 0 Å². The number of halogens is 3. The molecule has 0 amide bonds. The van der Waals surface area contributed by atoms with E-state index in [9.17, 15) is 4.39 Å². The van der Waals surface area contributed by atoms with Crippen molar-refractivity contribution in [3.63, 3.8) is 0 Å². The number of rotatable bonds is 3. The molecule has 2 N–H and O–H groups in total. The first-order valence-electron chi connectivity index (χ1n) is 5.67. The van der Waals surface area contributed by atoms with Crippen molar-refractivity contribution in [2.24, 2.45) is 0 Å². The van der Waals surface area contributed by atoms with Crippen LogP contribution >= 0.6 is 27.5 Å². The van der Waals surface area contributed by atoms with E-state index in [0.29, 0.717) is 21.7 Å². The molecule has 0 bridgehead atoms. The van der Waals surface area contributed by atoms with Crippen LogP contribution in [0.1, 0.15) is 5.56 Å². The Morgan fingerprint density at radius 3 is 2.53 bits per heavy atom. The van der Waals surface area contributed by atoms with Gasteiger partial charge in [-0.3, -0.25) is 0 Å². The molecule has 19 heavy (non-hydrogen) atoms. The van der Waals surface area contributed by atoms with Crippen molar-refractivity contribution in [2.75, 3.05) is 17.7 Å². The number of anilines is 2. The summed E-state index contributed by atoms with van der Waals surface area (Å²) in [4.78, 5) is 1.96. The molecule has 0 fully saturated rings. The predicted molar refractivity (Wildman–Crippen MR) is 82.1 cm³/mol. The minimum Gasteiger partial charge on any atom is -0.397 e. The number of nitrogen functional groups attached to an aromatic ring is 1. The number of nitrogens with zero attached hydrogens (tertiary/aromatic N) is 1. The third-order valence-corrected chi connectivity index (χ3v) is 3.67. The molecule has 2 nitrogen and oxygen atoms in total. The number of hydrogen-bond donors (Lipinski definition) is 1. The van der Waals surface area contributed by atoms with E-state index >= 15 is 0 Å². The highest BCUT2D eigenvalue weighted by Crippen LogP contribution is 2.29. The Balaban J connectivity index is 2.22. The largest absolute Gasteiger partial charge is 0.397 e. The summed E-state index contributed by atoms with van der Waals surface area (Å²) < 4.78 is 13.7. The molecular weight excluding hydrogens is 331 g/mol. The molecule has 0 radical (unpaired) electrons. The number of nitrogens with two attached hydrogens (primary N) is 1. The van der Waals surface area contributed by atoms with Crippen molar-refractivity contribution in [3.8, 4) is 0 Å². The van der Waals surface area contributed by atoms with Gasteiger partial charge in [0.1, 0.15) is 5.82 Å². The lowest BCUT2D eigenvalue weighted by Gasteiger charge is -2.21. The Hall–Kier alpha value is -1.26. The molecule has 0 heterocycles. The predicted octanol–water partition coefficient (Wildman–Crippen LogP) is 4.46. The fraction of sp³-hybridized carbons (Fsp3) is 0.143. The highest BCUT2D eigenvalue weighted by atomic mass is 79.9. The molecule has 0 saturated heterocycles. The Bertz CT molecular complexity index is 587. The van der Waals surface area contributed by atoms with E-state index in [1.54, 1.807) is 6.07 Å². The molecule has 0 aliphatic rings. The summed E-state index contributed by atoms with van der Waals surface area (Å²) in [5, 5.41) is 0.704. The third kappa shape index (κ3) is 3.39. The van der Waals surface area contributed by atoms with Crippen molar-refractivity contribution in [3.05, 3.63) is 57.3 Å². The second kappa shape index (κ2) is 5.80. The average Bonchev–Trinajstić information content (AvgIpc) is 2.36. The second-order valence-corrected chi connectivity index (χ2v) is 5.60. The summed E-state index contributed by atoms with van der Waals surface area (Å²) >= 11 is 9.02. The zero-order chi connectivity index (χ0) is 14.0. The van der Waals surface area contributed by atoms with Gasteiger partial charge in [-0.2, -0.15) is 0 Å². The molecule has 2 rings (SSSR count). The van der Waals surface area contributed by atoms with E-state index < -0.39 is 0 Å². The van der Waals surface area contributed by atoms with Gasteiger partial charge in [0.25, 0.3) is 0 Å². The quantitative estimate of drug-likeness (QED) is 0.834. The fourth-order valence-electron chi connectivity index (χ4n) is 1.83. The molecule has 0 saturated carbocycles. The van der Waals surface area contributed by atoms with Crippen LogP contribution in [0.3, 0.4) is 0 Å². The minimum atomic E-state index is -0.360. The molecule has 5 heteroatoms. The Morgan fingerprint density at radius 1 is 1.26 bits per heavy atom. The smallest absolute Gasteiger partial charge is 0.139 e. The lowest BCUT2D eigenvalue weighted by Crippen LogP contribution is -2.18. The maximum absolute atomic E-state index is 13.3. The highest BCUT2D eigenvalue weighted by molar-refractivity contribution is 9.10. The molecule has 100 valence electrons. The van der Waals surface area contributed by atoms with E-state index in [1.165, 1.54) is 6.07 Å². The SMILES string of the molecule is CN(Cc1ccc(Cl)cc1)c1cc(Br)c(F)cc1N. The summed E-state index contributed by atoms with van der Waals surface area (Å²) in [6.07, 6.45) is 0. The van der Waals surface area contributed by atoms with Gasteiger partial charge in [-0.25, -0.2) is 4.39 Å². The number of benzene rings is 2. The van der Waals surface area contributed by atoms with Crippen molar-refractivity contribution < 1.29 is 4.39 Å². The minimum absolute atomic E-state index is 0.360. The van der Waals surface area contributed by atoms with Crippen molar-refractivity contribution >= 4 is 38.9 Å². The first-order valence-corrected chi connectivity index (χ1v) is 6.84. The van der Waals surface area contributed by atoms with Crippen LogP contribution in [0.15, 0.2) is 40.9 Å². The van der Waals surface area contributed by atoms with Crippen molar-refractivity contribution in [1.29, 1.82) is 0 Å². The maximum Gasteiger partial charge on any atom is 0.139 e. The molecule has 0 aliphatic heterocycles. The summed E-state index contributed by atoms with van der Waals surface area (Å²) in [6, 6.07) is 10.6. The van der Waals surface area contributed by atoms with E-state index in [4.69, 9.17) is 17.3 Å². The van der Waals surface area contributed by atoms with Gasteiger partial charge in [0.05, 0.1) is 15.8 Å². The zero-order valence-corrected chi connectivity index (χ0v) is 12.7. The van der Waals surface area contributed by atoms with Crippen LogP contribution in [0.2, 0.25) is 5.02 Å². The van der Waals surface area contributed by atoms with Gasteiger partial charge in [0, 0.05) is 24.7 Å². The standard InChI is InChI=1S/C14H13BrClFN2/c1-19(8-9-2-4-10(16)5-3-9)14-6-11(15)12(17)7-13(14)18/h2-7H,8,18H2,1H3. The molecule has 0 unspecified atom stereocenters. The van der Waals surface area contributed by atoms with Crippen LogP contribution in [-0.2, 0) is 6.54 Å². The van der Waals surface area contributed by atoms with Crippen molar-refractivity contribution in [1.82, 2.24) is 0 Å². The van der Waals surface area contributed by atoms with E-state index in [1.807, 2.05) is 36.2 Å². The number of hydrogen-bond acceptors (Lipinski definition) is 2. The van der Waals surface area contributed by atoms with Gasteiger partial charge >= 0.3 is 0 Å². The third-order valence-electron chi connectivity index (χ3n) is 2.81. The Kier molecular flexibility index (Phi) is 4.32. The highest BCUT2D eigenvalue weighted by Gasteiger charge is 2.10. The van der Waals surface area contributed by atoms with Crippen LogP contribution < -0.4 is 10.6 Å². The van der Waals surface area contributed by atoms with Gasteiger partial charge < -0.3 is 10.6 Å². The van der Waals surface area contributed by atoms with E-state index in [-0.39, 0.29) is 5.82 Å². The fourth-order valence-corrected chi connectivity index (χ4v) is 2.29. The normalized spacial score (nSPS) is 10.5. The molecule has 0 atom stereocenters. The Morgan fingerprint density at radius 2 is 1.89 bits per heavy atom.